The molecule has 0 unspecified atom stereocenters. The largest absolute Gasteiger partial charge is 0.456 e. The zero-order chi connectivity index (χ0) is 36.2. The van der Waals surface area contributed by atoms with Crippen molar-refractivity contribution in [2.75, 3.05) is 0 Å². The summed E-state index contributed by atoms with van der Waals surface area (Å²) in [5.41, 5.74) is 13.3. The van der Waals surface area contributed by atoms with Gasteiger partial charge < -0.3 is 13.4 Å². The Morgan fingerprint density at radius 3 is 1.98 bits per heavy atom. The second kappa shape index (κ2) is 10.1. The molecule has 0 atom stereocenters. The Bertz CT molecular complexity index is 3880. The van der Waals surface area contributed by atoms with E-state index in [0.29, 0.717) is 5.71 Å². The lowest BCUT2D eigenvalue weighted by atomic mass is 9.95. The Hall–Kier alpha value is -7.70. The van der Waals surface area contributed by atoms with E-state index >= 15 is 0 Å². The molecule has 8 aromatic carbocycles. The lowest BCUT2D eigenvalue weighted by Crippen LogP contribution is -2.04. The topological polar surface area (TPSA) is 61.9 Å². The van der Waals surface area contributed by atoms with Crippen LogP contribution in [0.2, 0.25) is 0 Å². The first-order valence-corrected chi connectivity index (χ1v) is 18.9. The molecule has 0 fully saturated rings. The maximum atomic E-state index is 6.60. The SMILES string of the molecule is c1ccc(-n2c3ccccc3c3cccc(-c4nc5oc6ccccc6c5nc4-n4c5ccc6cccc7c6c5c5c6c(ccc54)oc4cccc-7c46)c32)cc1. The van der Waals surface area contributed by atoms with E-state index < -0.39 is 0 Å². The molecule has 14 rings (SSSR count). The molecule has 0 saturated heterocycles. The maximum Gasteiger partial charge on any atom is 0.247 e. The number of aromatic nitrogens is 4. The van der Waals surface area contributed by atoms with Gasteiger partial charge in [0, 0.05) is 49.0 Å². The fourth-order valence-corrected chi connectivity index (χ4v) is 9.86. The van der Waals surface area contributed by atoms with Crippen molar-refractivity contribution in [2.45, 2.75) is 0 Å². The lowest BCUT2D eigenvalue weighted by Gasteiger charge is -2.16. The number of rotatable bonds is 3. The van der Waals surface area contributed by atoms with Gasteiger partial charge in [0.2, 0.25) is 5.71 Å². The smallest absolute Gasteiger partial charge is 0.247 e. The third-order valence-corrected chi connectivity index (χ3v) is 12.1. The third-order valence-electron chi connectivity index (χ3n) is 12.1. The van der Waals surface area contributed by atoms with Crippen LogP contribution in [-0.4, -0.2) is 19.1 Å². The van der Waals surface area contributed by atoms with Crippen molar-refractivity contribution in [3.63, 3.8) is 0 Å². The van der Waals surface area contributed by atoms with Crippen LogP contribution in [0.3, 0.4) is 0 Å². The highest BCUT2D eigenvalue weighted by Gasteiger charge is 2.29. The van der Waals surface area contributed by atoms with Crippen molar-refractivity contribution < 1.29 is 8.83 Å². The van der Waals surface area contributed by atoms with E-state index in [-0.39, 0.29) is 0 Å². The second-order valence-electron chi connectivity index (χ2n) is 14.9. The van der Waals surface area contributed by atoms with E-state index in [2.05, 4.69) is 149 Å². The summed E-state index contributed by atoms with van der Waals surface area (Å²) in [6.45, 7) is 0. The van der Waals surface area contributed by atoms with Gasteiger partial charge in [0.05, 0.1) is 22.1 Å². The molecule has 0 amide bonds. The van der Waals surface area contributed by atoms with Crippen LogP contribution in [0.15, 0.2) is 167 Å². The average molecular weight is 715 g/mol. The number of furan rings is 2. The number of nitrogens with zero attached hydrogens (tertiary/aromatic N) is 4. The third kappa shape index (κ3) is 3.44. The van der Waals surface area contributed by atoms with Crippen LogP contribution >= 0.6 is 0 Å². The Morgan fingerprint density at radius 2 is 1.07 bits per heavy atom. The van der Waals surface area contributed by atoms with Crippen LogP contribution in [0, 0.1) is 0 Å². The van der Waals surface area contributed by atoms with Gasteiger partial charge in [-0.1, -0.05) is 103 Å². The summed E-state index contributed by atoms with van der Waals surface area (Å²) in [4.78, 5) is 11.1. The summed E-state index contributed by atoms with van der Waals surface area (Å²) in [6, 6.07) is 55.7. The van der Waals surface area contributed by atoms with Gasteiger partial charge in [0.1, 0.15) is 28.0 Å². The molecule has 0 radical (unpaired) electrons. The zero-order valence-corrected chi connectivity index (χ0v) is 29.6. The molecule has 1 aliphatic carbocycles. The average Bonchev–Trinajstić information content (AvgIpc) is 3.98. The molecule has 56 heavy (non-hydrogen) atoms. The van der Waals surface area contributed by atoms with Crippen molar-refractivity contribution in [1.29, 1.82) is 0 Å². The molecule has 0 N–H and O–H groups in total. The van der Waals surface area contributed by atoms with E-state index in [1.54, 1.807) is 0 Å². The van der Waals surface area contributed by atoms with Gasteiger partial charge in [-0.25, -0.2) is 9.97 Å². The van der Waals surface area contributed by atoms with Crippen molar-refractivity contribution in [2.24, 2.45) is 0 Å². The Morgan fingerprint density at radius 1 is 0.393 bits per heavy atom. The predicted octanol–water partition coefficient (Wildman–Crippen LogP) is 13.3. The minimum Gasteiger partial charge on any atom is -0.456 e. The monoisotopic (exact) mass is 714 g/mol. The van der Waals surface area contributed by atoms with Gasteiger partial charge in [-0.3, -0.25) is 4.57 Å². The van der Waals surface area contributed by atoms with E-state index in [0.717, 1.165) is 88.6 Å². The standard InChI is InChI=1S/C50H26N4O2/c1-2-12-28(13-3-1)53-35-20-6-4-14-29(35)32-18-9-19-34(48(32)53)46-49(51-47-33-15-5-7-21-38(33)56-50(47)52-46)54-36-24-23-27-11-8-16-30-31-17-10-22-39-42(31)45-40(55-39)26-25-37(54)44(45)43(36)41(27)30/h1-26H. The molecule has 258 valence electrons. The van der Waals surface area contributed by atoms with Crippen LogP contribution < -0.4 is 0 Å². The highest BCUT2D eigenvalue weighted by molar-refractivity contribution is 6.38. The second-order valence-corrected chi connectivity index (χ2v) is 14.9. The normalized spacial score (nSPS) is 12.6. The first-order chi connectivity index (χ1) is 27.8. The fraction of sp³-hybridized carbons (Fsp3) is 0. The molecule has 0 saturated carbocycles. The van der Waals surface area contributed by atoms with E-state index in [9.17, 15) is 0 Å². The summed E-state index contributed by atoms with van der Waals surface area (Å²) >= 11 is 0. The van der Waals surface area contributed by atoms with Crippen LogP contribution in [-0.2, 0) is 0 Å². The molecule has 0 bridgehead atoms. The summed E-state index contributed by atoms with van der Waals surface area (Å²) in [5, 5.41) is 10.3. The van der Waals surface area contributed by atoms with Gasteiger partial charge in [-0.2, -0.15) is 0 Å². The van der Waals surface area contributed by atoms with Gasteiger partial charge in [0.25, 0.3) is 0 Å². The summed E-state index contributed by atoms with van der Waals surface area (Å²) < 4.78 is 17.8. The van der Waals surface area contributed by atoms with Crippen LogP contribution in [0.5, 0.6) is 0 Å². The molecule has 5 heterocycles. The van der Waals surface area contributed by atoms with E-state index in [4.69, 9.17) is 18.8 Å². The Balaban J connectivity index is 1.22. The highest BCUT2D eigenvalue weighted by atomic mass is 16.3. The van der Waals surface area contributed by atoms with E-state index in [1.165, 1.54) is 38.1 Å². The van der Waals surface area contributed by atoms with Crippen molar-refractivity contribution in [3.8, 4) is 33.9 Å². The van der Waals surface area contributed by atoms with Gasteiger partial charge >= 0.3 is 0 Å². The Kier molecular flexibility index (Phi) is 5.18. The maximum absolute atomic E-state index is 6.60. The van der Waals surface area contributed by atoms with Crippen LogP contribution in [0.25, 0.3) is 132 Å². The number of hydrogen-bond acceptors (Lipinski definition) is 4. The van der Waals surface area contributed by atoms with Crippen molar-refractivity contribution >= 4 is 98.5 Å². The molecular weight excluding hydrogens is 689 g/mol. The van der Waals surface area contributed by atoms with Crippen LogP contribution in [0.4, 0.5) is 0 Å². The minimum absolute atomic E-state index is 0.506. The molecule has 6 nitrogen and oxygen atoms in total. The molecule has 1 aliphatic rings. The number of hydrogen-bond donors (Lipinski definition) is 0. The predicted molar refractivity (Wildman–Crippen MR) is 227 cm³/mol. The fourth-order valence-electron chi connectivity index (χ4n) is 9.86. The summed E-state index contributed by atoms with van der Waals surface area (Å²) in [5.74, 6) is 0.742. The van der Waals surface area contributed by atoms with Gasteiger partial charge in [-0.05, 0) is 76.5 Å². The molecular formula is C50H26N4O2. The molecule has 0 spiro atoms. The lowest BCUT2D eigenvalue weighted by molar-refractivity contribution is 0.653. The van der Waals surface area contributed by atoms with Crippen molar-refractivity contribution in [3.05, 3.63) is 158 Å². The summed E-state index contributed by atoms with van der Waals surface area (Å²) in [7, 11) is 0. The van der Waals surface area contributed by atoms with Crippen LogP contribution in [0.1, 0.15) is 0 Å². The first kappa shape index (κ1) is 28.8. The number of benzene rings is 8. The Labute approximate surface area is 317 Å². The molecule has 6 heteroatoms. The minimum atomic E-state index is 0.506. The molecule has 0 aliphatic heterocycles. The summed E-state index contributed by atoms with van der Waals surface area (Å²) in [6.07, 6.45) is 0. The van der Waals surface area contributed by atoms with Crippen molar-refractivity contribution in [1.82, 2.24) is 19.1 Å². The molecule has 13 aromatic rings. The number of para-hydroxylation sites is 4. The first-order valence-electron chi connectivity index (χ1n) is 18.9. The van der Waals surface area contributed by atoms with E-state index in [1.807, 2.05) is 18.2 Å². The molecule has 5 aromatic heterocycles. The zero-order valence-electron chi connectivity index (χ0n) is 29.6. The highest BCUT2D eigenvalue weighted by Crippen LogP contribution is 2.51. The van der Waals surface area contributed by atoms with Gasteiger partial charge in [-0.15, -0.1) is 0 Å². The number of fused-ring (bicyclic) bond motifs is 7. The quantitative estimate of drug-likeness (QED) is 0.183. The van der Waals surface area contributed by atoms with Gasteiger partial charge in [0.15, 0.2) is 5.82 Å².